The molecule has 1 aromatic rings. The molecule has 0 saturated carbocycles. The molecule has 2 aliphatic rings. The van der Waals surface area contributed by atoms with E-state index in [2.05, 4.69) is 35.9 Å². The number of thioether (sulfide) groups is 1. The van der Waals surface area contributed by atoms with Crippen LogP contribution in [0.5, 0.6) is 0 Å². The van der Waals surface area contributed by atoms with Gasteiger partial charge in [0.1, 0.15) is 0 Å². The van der Waals surface area contributed by atoms with E-state index in [1.54, 1.807) is 11.8 Å². The summed E-state index contributed by atoms with van der Waals surface area (Å²) in [6.07, 6.45) is 5.18. The second-order valence-electron chi connectivity index (χ2n) is 5.97. The van der Waals surface area contributed by atoms with Gasteiger partial charge in [0.15, 0.2) is 0 Å². The average molecular weight is 308 g/mol. The maximum absolute atomic E-state index is 6.04. The van der Waals surface area contributed by atoms with E-state index >= 15 is 0 Å². The van der Waals surface area contributed by atoms with Crippen molar-refractivity contribution in [3.8, 4) is 0 Å². The van der Waals surface area contributed by atoms with Crippen LogP contribution >= 0.6 is 11.8 Å². The molecule has 3 unspecified atom stereocenters. The zero-order valence-corrected chi connectivity index (χ0v) is 13.3. The van der Waals surface area contributed by atoms with Crippen LogP contribution in [0.4, 0.5) is 0 Å². The number of rotatable bonds is 4. The highest BCUT2D eigenvalue weighted by Crippen LogP contribution is 2.42. The van der Waals surface area contributed by atoms with Crippen LogP contribution in [0.2, 0.25) is 0 Å². The van der Waals surface area contributed by atoms with Crippen molar-refractivity contribution in [3.05, 3.63) is 29.8 Å². The zero-order valence-electron chi connectivity index (χ0n) is 12.5. The minimum absolute atomic E-state index is 0.0771. The SMILES string of the molecule is CSc1ccccc1C(NN)C1CCOC2(CCOC2)C1. The van der Waals surface area contributed by atoms with E-state index in [0.29, 0.717) is 5.92 Å². The van der Waals surface area contributed by atoms with Crippen LogP contribution in [0, 0.1) is 5.92 Å². The van der Waals surface area contributed by atoms with Gasteiger partial charge in [-0.2, -0.15) is 0 Å². The first-order chi connectivity index (χ1) is 10.3. The number of hydrazine groups is 1. The molecule has 1 aromatic carbocycles. The fourth-order valence-corrected chi connectivity index (χ4v) is 4.26. The third-order valence-electron chi connectivity index (χ3n) is 4.72. The largest absolute Gasteiger partial charge is 0.378 e. The minimum Gasteiger partial charge on any atom is -0.378 e. The van der Waals surface area contributed by atoms with E-state index in [0.717, 1.165) is 39.1 Å². The first-order valence-corrected chi connectivity index (χ1v) is 8.81. The van der Waals surface area contributed by atoms with E-state index in [1.807, 2.05) is 0 Å². The van der Waals surface area contributed by atoms with Crippen molar-refractivity contribution in [2.45, 2.75) is 35.8 Å². The standard InChI is InChI=1S/C16H24N2O2S/c1-21-14-5-3-2-4-13(14)15(18-17)12-6-8-20-16(10-12)7-9-19-11-16/h2-5,12,15,18H,6-11,17H2,1H3. The van der Waals surface area contributed by atoms with Gasteiger partial charge in [0.25, 0.3) is 0 Å². The molecule has 2 fully saturated rings. The molecule has 0 aromatic heterocycles. The third-order valence-corrected chi connectivity index (χ3v) is 5.53. The van der Waals surface area contributed by atoms with Gasteiger partial charge in [-0.05, 0) is 36.6 Å². The van der Waals surface area contributed by atoms with Gasteiger partial charge in [-0.1, -0.05) is 18.2 Å². The molecular weight excluding hydrogens is 284 g/mol. The Hall–Kier alpha value is -0.590. The van der Waals surface area contributed by atoms with Crippen molar-refractivity contribution < 1.29 is 9.47 Å². The molecule has 0 radical (unpaired) electrons. The molecule has 21 heavy (non-hydrogen) atoms. The van der Waals surface area contributed by atoms with Crippen LogP contribution in [-0.2, 0) is 9.47 Å². The Kier molecular flexibility index (Phi) is 4.86. The quantitative estimate of drug-likeness (QED) is 0.508. The first-order valence-electron chi connectivity index (χ1n) is 7.59. The smallest absolute Gasteiger partial charge is 0.0940 e. The van der Waals surface area contributed by atoms with E-state index in [-0.39, 0.29) is 11.6 Å². The Morgan fingerprint density at radius 1 is 1.38 bits per heavy atom. The van der Waals surface area contributed by atoms with Crippen LogP contribution in [-0.4, -0.2) is 31.7 Å². The molecule has 116 valence electrons. The monoisotopic (exact) mass is 308 g/mol. The summed E-state index contributed by atoms with van der Waals surface area (Å²) in [6.45, 7) is 2.34. The number of hydrogen-bond acceptors (Lipinski definition) is 5. The van der Waals surface area contributed by atoms with E-state index in [1.165, 1.54) is 10.5 Å². The predicted molar refractivity (Wildman–Crippen MR) is 85.1 cm³/mol. The molecule has 0 amide bonds. The van der Waals surface area contributed by atoms with Gasteiger partial charge >= 0.3 is 0 Å². The molecule has 2 aliphatic heterocycles. The third kappa shape index (κ3) is 3.12. The molecule has 2 heterocycles. The summed E-state index contributed by atoms with van der Waals surface area (Å²) in [4.78, 5) is 1.30. The number of benzene rings is 1. The summed E-state index contributed by atoms with van der Waals surface area (Å²) < 4.78 is 11.6. The fraction of sp³-hybridized carbons (Fsp3) is 0.625. The summed E-state index contributed by atoms with van der Waals surface area (Å²) in [5.41, 5.74) is 4.28. The van der Waals surface area contributed by atoms with E-state index in [4.69, 9.17) is 15.3 Å². The molecule has 0 bridgehead atoms. The van der Waals surface area contributed by atoms with Crippen LogP contribution in [0.1, 0.15) is 30.9 Å². The summed E-state index contributed by atoms with van der Waals surface area (Å²) in [6, 6.07) is 8.70. The summed E-state index contributed by atoms with van der Waals surface area (Å²) in [5, 5.41) is 0. The lowest BCUT2D eigenvalue weighted by atomic mass is 9.79. The maximum Gasteiger partial charge on any atom is 0.0940 e. The molecule has 0 aliphatic carbocycles. The summed E-state index contributed by atoms with van der Waals surface area (Å²) in [5.74, 6) is 6.40. The van der Waals surface area contributed by atoms with Crippen LogP contribution in [0.3, 0.4) is 0 Å². The summed E-state index contributed by atoms with van der Waals surface area (Å²) in [7, 11) is 0. The highest BCUT2D eigenvalue weighted by Gasteiger charge is 2.43. The minimum atomic E-state index is -0.0771. The van der Waals surface area contributed by atoms with Crippen molar-refractivity contribution in [1.82, 2.24) is 5.43 Å². The van der Waals surface area contributed by atoms with Gasteiger partial charge in [0.05, 0.1) is 18.2 Å². The highest BCUT2D eigenvalue weighted by atomic mass is 32.2. The Morgan fingerprint density at radius 3 is 2.95 bits per heavy atom. The number of nitrogens with one attached hydrogen (secondary N) is 1. The van der Waals surface area contributed by atoms with Crippen molar-refractivity contribution in [2.24, 2.45) is 11.8 Å². The first kappa shape index (κ1) is 15.3. The van der Waals surface area contributed by atoms with Crippen molar-refractivity contribution in [2.75, 3.05) is 26.1 Å². The molecule has 4 nitrogen and oxygen atoms in total. The molecule has 2 saturated heterocycles. The lowest BCUT2D eigenvalue weighted by Crippen LogP contribution is -2.45. The Balaban J connectivity index is 1.82. The normalized spacial score (nSPS) is 30.7. The molecule has 3 rings (SSSR count). The van der Waals surface area contributed by atoms with E-state index < -0.39 is 0 Å². The van der Waals surface area contributed by atoms with Gasteiger partial charge in [-0.25, -0.2) is 0 Å². The summed E-state index contributed by atoms with van der Waals surface area (Å²) >= 11 is 1.78. The zero-order chi connectivity index (χ0) is 14.7. The number of ether oxygens (including phenoxy) is 2. The lowest BCUT2D eigenvalue weighted by molar-refractivity contribution is -0.103. The van der Waals surface area contributed by atoms with Crippen molar-refractivity contribution >= 4 is 11.8 Å². The second kappa shape index (κ2) is 6.67. The fourth-order valence-electron chi connectivity index (χ4n) is 3.62. The lowest BCUT2D eigenvalue weighted by Gasteiger charge is -2.40. The molecule has 1 spiro atoms. The Morgan fingerprint density at radius 2 is 2.24 bits per heavy atom. The number of nitrogens with two attached hydrogens (primary N) is 1. The number of hydrogen-bond donors (Lipinski definition) is 2. The second-order valence-corrected chi connectivity index (χ2v) is 6.82. The Bertz CT molecular complexity index is 477. The van der Waals surface area contributed by atoms with Gasteiger partial charge in [-0.15, -0.1) is 11.8 Å². The van der Waals surface area contributed by atoms with Gasteiger partial charge < -0.3 is 9.47 Å². The van der Waals surface area contributed by atoms with Crippen LogP contribution < -0.4 is 11.3 Å². The molecular formula is C16H24N2O2S. The van der Waals surface area contributed by atoms with Gasteiger partial charge in [0.2, 0.25) is 0 Å². The topological polar surface area (TPSA) is 56.5 Å². The molecule has 3 N–H and O–H groups in total. The average Bonchev–Trinajstić information content (AvgIpc) is 2.96. The predicted octanol–water partition coefficient (Wildman–Crippen LogP) is 2.50. The van der Waals surface area contributed by atoms with Crippen molar-refractivity contribution in [3.63, 3.8) is 0 Å². The van der Waals surface area contributed by atoms with E-state index in [9.17, 15) is 0 Å². The van der Waals surface area contributed by atoms with Crippen LogP contribution in [0.15, 0.2) is 29.2 Å². The maximum atomic E-state index is 6.04. The highest BCUT2D eigenvalue weighted by molar-refractivity contribution is 7.98. The molecule has 5 heteroatoms. The molecule has 3 atom stereocenters. The van der Waals surface area contributed by atoms with Crippen molar-refractivity contribution in [1.29, 1.82) is 0 Å². The Labute approximate surface area is 130 Å². The van der Waals surface area contributed by atoms with Gasteiger partial charge in [0, 0.05) is 24.5 Å². The van der Waals surface area contributed by atoms with Crippen LogP contribution in [0.25, 0.3) is 0 Å². The van der Waals surface area contributed by atoms with Gasteiger partial charge in [-0.3, -0.25) is 11.3 Å².